The number of nitrogens with one attached hydrogen (secondary N) is 6. The van der Waals surface area contributed by atoms with Gasteiger partial charge in [0.05, 0.1) is 78.5 Å². The summed E-state index contributed by atoms with van der Waals surface area (Å²) >= 11 is 11.6. The summed E-state index contributed by atoms with van der Waals surface area (Å²) in [5.41, 5.74) is 10.7. The number of benzene rings is 16. The van der Waals surface area contributed by atoms with E-state index in [-0.39, 0.29) is 102 Å². The average Bonchev–Trinajstić information content (AvgIpc) is 0.811. The smallest absolute Gasteiger partial charge is 0.297 e. The van der Waals surface area contributed by atoms with Gasteiger partial charge in [0.1, 0.15) is 40.1 Å². The molecule has 0 aliphatic rings. The third kappa shape index (κ3) is 30.1. The predicted octanol–water partition coefficient (Wildman–Crippen LogP) is 24.2. The van der Waals surface area contributed by atoms with Crippen molar-refractivity contribution in [1.29, 1.82) is 0 Å². The van der Waals surface area contributed by atoms with Gasteiger partial charge in [-0.05, 0) is 249 Å². The van der Waals surface area contributed by atoms with Crippen LogP contribution in [0.3, 0.4) is 0 Å². The van der Waals surface area contributed by atoms with Crippen LogP contribution in [-0.2, 0) is 71.0 Å². The molecule has 0 aliphatic carbocycles. The van der Waals surface area contributed by atoms with E-state index in [0.717, 1.165) is 79.9 Å². The molecule has 16 aromatic carbocycles. The first-order valence-electron chi connectivity index (χ1n) is 43.3. The van der Waals surface area contributed by atoms with Crippen LogP contribution < -0.4 is 28.3 Å². The predicted molar refractivity (Wildman–Crippen MR) is 564 cm³/mol. The Morgan fingerprint density at radius 3 is 0.792 bits per heavy atom. The van der Waals surface area contributed by atoms with Gasteiger partial charge in [0.15, 0.2) is 5.75 Å². The van der Waals surface area contributed by atoms with Gasteiger partial charge in [-0.1, -0.05) is 265 Å². The average molecular weight is 2100 g/mol. The molecule has 0 amide bonds. The molecular formula is C106H98Cl2N8O22S6. The second-order valence-electron chi connectivity index (χ2n) is 34.0. The molecule has 744 valence electrons. The summed E-state index contributed by atoms with van der Waals surface area (Å²) in [7, 11) is -22.8. The summed E-state index contributed by atoms with van der Waals surface area (Å²) < 4.78 is 164. The standard InChI is InChI=1S/C19H17NO3S.C18H13Cl2NO3S.C18H14N2O5S.C18H15NO3S.C17H21NO3S.C16H18N2O5S/c1-14-13-17(9-12-19(14)21)20-24(22,23)18-10-7-16(8-11-18)15-5-3-2-4-6-15;19-16-10-14(11-17(20)18(16)22)21-25(23,24)15-8-6-13(7-9-15)12-4-2-1-3-5-12;21-15-8-11-17(18(12-15)20(22)23)19-26(24,25)16-9-6-14(7-10-16)13-4-2-1-3-5-13;20-17-8-4-7-16(13-17)19-23(21,22)18-11-9-15(10-12-18)14-5-2-1-3-6-14;1-12-11-14(19)7-10-16(12)18-22(20,21)15-8-5-13(6-9-15)17(2,3)4;1-16(2,3)11-4-7-13(8-5-11)24(22,23)17-14-9-6-12(19)10-15(14)18(20)21/h2-13,20-21H,1H3;1-11,21-22H;1-12,19,21H;1-13,19-20H;5-11,18-19H,1-4H3;4-10,17,19H,1-3H3. The van der Waals surface area contributed by atoms with Crippen LogP contribution >= 0.6 is 23.2 Å². The summed E-state index contributed by atoms with van der Waals surface area (Å²) in [4.78, 5) is 21.2. The van der Waals surface area contributed by atoms with Crippen LogP contribution in [0.2, 0.25) is 10.0 Å². The van der Waals surface area contributed by atoms with Crippen molar-refractivity contribution in [2.24, 2.45) is 0 Å². The molecule has 0 atom stereocenters. The molecule has 0 spiro atoms. The summed E-state index contributed by atoms with van der Waals surface area (Å²) in [6.45, 7) is 15.7. The molecule has 0 saturated heterocycles. The van der Waals surface area contributed by atoms with Crippen molar-refractivity contribution in [1.82, 2.24) is 0 Å². The molecule has 0 aromatic heterocycles. The van der Waals surface area contributed by atoms with Gasteiger partial charge >= 0.3 is 0 Å². The van der Waals surface area contributed by atoms with Crippen LogP contribution in [0, 0.1) is 34.1 Å². The largest absolute Gasteiger partial charge is 0.508 e. The Morgan fingerprint density at radius 1 is 0.250 bits per heavy atom. The van der Waals surface area contributed by atoms with Crippen LogP contribution in [0.1, 0.15) is 63.8 Å². The first-order valence-corrected chi connectivity index (χ1v) is 53.0. The Bertz CT molecular complexity index is 7980. The van der Waals surface area contributed by atoms with Crippen molar-refractivity contribution in [3.63, 3.8) is 0 Å². The fourth-order valence-corrected chi connectivity index (χ4v) is 20.4. The van der Waals surface area contributed by atoms with Crippen molar-refractivity contribution in [2.75, 3.05) is 28.3 Å². The van der Waals surface area contributed by atoms with Crippen molar-refractivity contribution >= 4 is 129 Å². The number of hydrogen-bond acceptors (Lipinski definition) is 22. The molecule has 0 radical (unpaired) electrons. The number of phenols is 6. The lowest BCUT2D eigenvalue weighted by atomic mass is 9.87. The highest BCUT2D eigenvalue weighted by atomic mass is 35.5. The maximum Gasteiger partial charge on any atom is 0.297 e. The Balaban J connectivity index is 0.000000165. The fraction of sp³-hybridized carbons (Fsp3) is 0.0943. The molecule has 12 N–H and O–H groups in total. The van der Waals surface area contributed by atoms with E-state index in [2.05, 4.69) is 49.1 Å². The highest BCUT2D eigenvalue weighted by molar-refractivity contribution is 7.94. The van der Waals surface area contributed by atoms with Crippen molar-refractivity contribution in [3.8, 4) is 79.0 Å². The van der Waals surface area contributed by atoms with Crippen LogP contribution in [0.25, 0.3) is 44.5 Å². The number of nitrogens with zero attached hydrogens (tertiary/aromatic N) is 2. The second-order valence-corrected chi connectivity index (χ2v) is 44.9. The maximum absolute atomic E-state index is 12.5. The molecule has 16 rings (SSSR count). The Labute approximate surface area is 845 Å². The van der Waals surface area contributed by atoms with E-state index in [9.17, 15) is 101 Å². The lowest BCUT2D eigenvalue weighted by Gasteiger charge is -2.19. The van der Waals surface area contributed by atoms with Crippen LogP contribution in [0.15, 0.2) is 405 Å². The number of hydrogen-bond donors (Lipinski definition) is 12. The first-order chi connectivity index (χ1) is 67.8. The van der Waals surface area contributed by atoms with E-state index in [0.29, 0.717) is 28.2 Å². The molecule has 0 fully saturated rings. The van der Waals surface area contributed by atoms with E-state index in [1.165, 1.54) is 97.1 Å². The van der Waals surface area contributed by atoms with Gasteiger partial charge in [-0.25, -0.2) is 50.5 Å². The van der Waals surface area contributed by atoms with Crippen LogP contribution in [-0.4, -0.2) is 91.0 Å². The van der Waals surface area contributed by atoms with Gasteiger partial charge < -0.3 is 30.6 Å². The van der Waals surface area contributed by atoms with Crippen LogP contribution in [0.4, 0.5) is 45.5 Å². The summed E-state index contributed by atoms with van der Waals surface area (Å²) in [5.74, 6) is -0.700. The molecule has 0 heterocycles. The molecule has 0 bridgehead atoms. The number of aromatic hydroxyl groups is 6. The van der Waals surface area contributed by atoms with Crippen molar-refractivity contribution in [2.45, 2.75) is 95.6 Å². The molecule has 16 aromatic rings. The molecule has 30 nitrogen and oxygen atoms in total. The summed E-state index contributed by atoms with van der Waals surface area (Å²) in [6.07, 6.45) is 0. The molecule has 0 aliphatic heterocycles. The van der Waals surface area contributed by atoms with E-state index >= 15 is 0 Å². The zero-order valence-electron chi connectivity index (χ0n) is 78.1. The quantitative estimate of drug-likeness (QED) is 0.0152. The van der Waals surface area contributed by atoms with Gasteiger partial charge in [0, 0.05) is 11.8 Å². The monoisotopic (exact) mass is 2100 g/mol. The third-order valence-corrected chi connectivity index (χ3v) is 30.2. The minimum Gasteiger partial charge on any atom is -0.508 e. The van der Waals surface area contributed by atoms with E-state index in [4.69, 9.17) is 23.2 Å². The lowest BCUT2D eigenvalue weighted by Crippen LogP contribution is -2.15. The Hall–Kier alpha value is -15.8. The second kappa shape index (κ2) is 46.7. The van der Waals surface area contributed by atoms with Crippen molar-refractivity contribution in [3.05, 3.63) is 429 Å². The van der Waals surface area contributed by atoms with Crippen LogP contribution in [0.5, 0.6) is 34.5 Å². The van der Waals surface area contributed by atoms with Gasteiger partial charge in [-0.2, -0.15) is 0 Å². The molecule has 38 heteroatoms. The van der Waals surface area contributed by atoms with Gasteiger partial charge in [0.2, 0.25) is 0 Å². The number of phenolic OH excluding ortho intramolecular Hbond substituents is 6. The third-order valence-electron chi connectivity index (χ3n) is 21.3. The maximum atomic E-state index is 12.5. The molecule has 144 heavy (non-hydrogen) atoms. The topological polar surface area (TPSA) is 485 Å². The zero-order valence-corrected chi connectivity index (χ0v) is 84.5. The Kier molecular flexibility index (Phi) is 35.2. The zero-order chi connectivity index (χ0) is 105. The summed E-state index contributed by atoms with van der Waals surface area (Å²) in [5, 5.41) is 78.5. The number of aryl methyl sites for hydroxylation is 2. The van der Waals surface area contributed by atoms with Gasteiger partial charge in [-0.15, -0.1) is 0 Å². The minimum atomic E-state index is -4.02. The first kappa shape index (κ1) is 109. The van der Waals surface area contributed by atoms with Gasteiger partial charge in [-0.3, -0.25) is 48.6 Å². The number of nitro benzene ring substituents is 2. The number of rotatable bonds is 24. The molecular weight excluding hydrogens is 2000 g/mol. The summed E-state index contributed by atoms with van der Waals surface area (Å²) in [6, 6.07) is 102. The number of sulfonamides is 6. The lowest BCUT2D eigenvalue weighted by molar-refractivity contribution is -0.384. The highest BCUT2D eigenvalue weighted by Gasteiger charge is 2.27. The van der Waals surface area contributed by atoms with Crippen molar-refractivity contribution < 1.29 is 91.0 Å². The SMILES string of the molecule is CC(C)(C)c1ccc(S(=O)(=O)Nc2ccc(O)cc2[N+](=O)[O-])cc1.Cc1cc(NS(=O)(=O)c2ccc(-c3ccccc3)cc2)ccc1O.Cc1cc(O)ccc1NS(=O)(=O)c1ccc(C(C)(C)C)cc1.O=S(=O)(Nc1cc(Cl)c(O)c(Cl)c1)c1ccc(-c2ccccc2)cc1.O=S(=O)(Nc1cccc(O)c1)c1ccc(-c2ccccc2)cc1.O=[N+]([O-])c1cc(O)ccc1NS(=O)(=O)c1ccc(-c2ccccc2)cc1. The number of halogens is 2. The number of nitro groups is 2. The number of anilines is 6. The minimum absolute atomic E-state index is 0.00197. The van der Waals surface area contributed by atoms with E-state index in [1.807, 2.05) is 154 Å². The molecule has 0 saturated carbocycles. The normalized spacial score (nSPS) is 11.5. The molecule has 0 unspecified atom stereocenters. The van der Waals surface area contributed by atoms with E-state index in [1.54, 1.807) is 135 Å². The fourth-order valence-electron chi connectivity index (χ4n) is 13.5. The van der Waals surface area contributed by atoms with E-state index < -0.39 is 81.4 Å². The Morgan fingerprint density at radius 2 is 0.507 bits per heavy atom. The highest BCUT2D eigenvalue weighted by Crippen LogP contribution is 2.39. The van der Waals surface area contributed by atoms with Gasteiger partial charge in [0.25, 0.3) is 71.5 Å².